The molecule has 0 N–H and O–H groups in total. The first kappa shape index (κ1) is 19.9. The van der Waals surface area contributed by atoms with Gasteiger partial charge in [0.15, 0.2) is 0 Å². The van der Waals surface area contributed by atoms with Crippen LogP contribution < -0.4 is 0 Å². The molecule has 0 aliphatic carbocycles. The molecule has 116 valence electrons. The van der Waals surface area contributed by atoms with Gasteiger partial charge in [0, 0.05) is 10.8 Å². The largest absolute Gasteiger partial charge is 0.379 e. The molecule has 0 aliphatic rings. The summed E-state index contributed by atoms with van der Waals surface area (Å²) >= 11 is 2.20. The SMILES string of the molecule is CCOP(OCC)C(F)(F)CCOCCOCCI. The number of alkyl halides is 3. The predicted octanol–water partition coefficient (Wildman–Crippen LogP) is 3.82. The van der Waals surface area contributed by atoms with Crippen molar-refractivity contribution in [3.63, 3.8) is 0 Å². The summed E-state index contributed by atoms with van der Waals surface area (Å²) in [5.41, 5.74) is -2.98. The molecule has 0 aliphatic heterocycles. The quantitative estimate of drug-likeness (QED) is 0.199. The molecule has 0 saturated heterocycles. The average molecular weight is 414 g/mol. The van der Waals surface area contributed by atoms with E-state index in [2.05, 4.69) is 22.6 Å². The Balaban J connectivity index is 3.80. The molecule has 4 nitrogen and oxygen atoms in total. The van der Waals surface area contributed by atoms with Gasteiger partial charge in [-0.2, -0.15) is 8.78 Å². The van der Waals surface area contributed by atoms with Gasteiger partial charge >= 0.3 is 5.66 Å². The highest BCUT2D eigenvalue weighted by Crippen LogP contribution is 2.55. The second-order valence-electron chi connectivity index (χ2n) is 3.42. The normalized spacial score (nSPS) is 12.3. The molecular weight excluding hydrogens is 392 g/mol. The summed E-state index contributed by atoms with van der Waals surface area (Å²) in [6.07, 6.45) is -0.398. The molecule has 19 heavy (non-hydrogen) atoms. The van der Waals surface area contributed by atoms with E-state index >= 15 is 0 Å². The van der Waals surface area contributed by atoms with Crippen molar-refractivity contribution in [2.24, 2.45) is 0 Å². The van der Waals surface area contributed by atoms with Crippen molar-refractivity contribution in [2.75, 3.05) is 44.1 Å². The number of hydrogen-bond donors (Lipinski definition) is 0. The maximum absolute atomic E-state index is 13.8. The van der Waals surface area contributed by atoms with E-state index in [9.17, 15) is 8.78 Å². The van der Waals surface area contributed by atoms with Gasteiger partial charge in [-0.3, -0.25) is 0 Å². The zero-order valence-electron chi connectivity index (χ0n) is 11.4. The lowest BCUT2D eigenvalue weighted by molar-refractivity contribution is 0.00199. The lowest BCUT2D eigenvalue weighted by Crippen LogP contribution is -2.20. The van der Waals surface area contributed by atoms with Crippen LogP contribution in [0.3, 0.4) is 0 Å². The van der Waals surface area contributed by atoms with Crippen molar-refractivity contribution < 1.29 is 27.3 Å². The minimum absolute atomic E-state index is 0.0282. The third-order valence-corrected chi connectivity index (χ3v) is 4.08. The molecule has 0 bridgehead atoms. The van der Waals surface area contributed by atoms with Crippen LogP contribution in [0.5, 0.6) is 0 Å². The first-order chi connectivity index (χ1) is 9.08. The highest BCUT2D eigenvalue weighted by Gasteiger charge is 2.42. The first-order valence-corrected chi connectivity index (χ1v) is 8.94. The molecule has 8 heteroatoms. The van der Waals surface area contributed by atoms with Gasteiger partial charge in [-0.1, -0.05) is 22.6 Å². The molecule has 0 unspecified atom stereocenters. The summed E-state index contributed by atoms with van der Waals surface area (Å²) < 4.78 is 48.6. The fourth-order valence-corrected chi connectivity index (χ4v) is 2.63. The molecule has 0 aromatic heterocycles. The van der Waals surface area contributed by atoms with Crippen molar-refractivity contribution in [3.05, 3.63) is 0 Å². The zero-order valence-corrected chi connectivity index (χ0v) is 14.4. The van der Waals surface area contributed by atoms with Crippen molar-refractivity contribution in [2.45, 2.75) is 25.9 Å². The van der Waals surface area contributed by atoms with Crippen LogP contribution in [0.1, 0.15) is 20.3 Å². The Morgan fingerprint density at radius 2 is 1.47 bits per heavy atom. The number of hydrogen-bond acceptors (Lipinski definition) is 4. The second kappa shape index (κ2) is 12.6. The standard InChI is InChI=1S/C11H22F2IO4P/c1-3-17-19(18-4-2)11(12,13)5-7-15-9-10-16-8-6-14/h3-10H2,1-2H3. The van der Waals surface area contributed by atoms with E-state index in [0.717, 1.165) is 4.43 Å². The van der Waals surface area contributed by atoms with Gasteiger partial charge in [0.1, 0.15) is 0 Å². The van der Waals surface area contributed by atoms with Crippen molar-refractivity contribution in [1.29, 1.82) is 0 Å². The summed E-state index contributed by atoms with van der Waals surface area (Å²) in [4.78, 5) is 0. The van der Waals surface area contributed by atoms with E-state index in [4.69, 9.17) is 18.5 Å². The molecule has 0 saturated carbocycles. The van der Waals surface area contributed by atoms with Crippen LogP contribution in [0.15, 0.2) is 0 Å². The van der Waals surface area contributed by atoms with Gasteiger partial charge in [-0.25, -0.2) is 0 Å². The topological polar surface area (TPSA) is 36.9 Å². The number of ether oxygens (including phenoxy) is 2. The minimum atomic E-state index is -2.98. The van der Waals surface area contributed by atoms with E-state index in [1.807, 2.05) is 0 Å². The van der Waals surface area contributed by atoms with Crippen LogP contribution in [-0.2, 0) is 18.5 Å². The summed E-state index contributed by atoms with van der Waals surface area (Å²) in [5.74, 6) is 0. The summed E-state index contributed by atoms with van der Waals surface area (Å²) in [6, 6.07) is 0. The van der Waals surface area contributed by atoms with Crippen LogP contribution >= 0.6 is 31.0 Å². The Morgan fingerprint density at radius 3 is 1.95 bits per heavy atom. The molecule has 0 aromatic rings. The molecule has 0 heterocycles. The second-order valence-corrected chi connectivity index (χ2v) is 6.19. The fraction of sp³-hybridized carbons (Fsp3) is 1.00. The van der Waals surface area contributed by atoms with Gasteiger partial charge in [-0.05, 0) is 13.8 Å². The Labute approximate surface area is 128 Å². The van der Waals surface area contributed by atoms with Crippen molar-refractivity contribution in [3.8, 4) is 0 Å². The molecule has 0 atom stereocenters. The van der Waals surface area contributed by atoms with Gasteiger partial charge < -0.3 is 18.5 Å². The van der Waals surface area contributed by atoms with E-state index in [1.54, 1.807) is 13.8 Å². The maximum atomic E-state index is 13.8. The van der Waals surface area contributed by atoms with Crippen molar-refractivity contribution >= 4 is 31.0 Å². The first-order valence-electron chi connectivity index (χ1n) is 6.23. The summed E-state index contributed by atoms with van der Waals surface area (Å²) in [7, 11) is -2.18. The predicted molar refractivity (Wildman–Crippen MR) is 80.3 cm³/mol. The van der Waals surface area contributed by atoms with Gasteiger partial charge in [0.25, 0.3) is 0 Å². The highest BCUT2D eigenvalue weighted by atomic mass is 127. The third-order valence-electron chi connectivity index (χ3n) is 1.90. The average Bonchev–Trinajstić information content (AvgIpc) is 2.37. The molecule has 0 radical (unpaired) electrons. The lowest BCUT2D eigenvalue weighted by Gasteiger charge is -2.24. The maximum Gasteiger partial charge on any atom is 0.317 e. The van der Waals surface area contributed by atoms with E-state index in [1.165, 1.54) is 0 Å². The smallest absolute Gasteiger partial charge is 0.317 e. The number of rotatable bonds is 13. The Morgan fingerprint density at radius 1 is 0.947 bits per heavy atom. The monoisotopic (exact) mass is 414 g/mol. The lowest BCUT2D eigenvalue weighted by atomic mass is 10.5. The summed E-state index contributed by atoms with van der Waals surface area (Å²) in [6.45, 7) is 5.16. The number of halogens is 3. The molecule has 0 rings (SSSR count). The molecule has 0 fully saturated rings. The Bertz CT molecular complexity index is 207. The van der Waals surface area contributed by atoms with Crippen molar-refractivity contribution in [1.82, 2.24) is 0 Å². The van der Waals surface area contributed by atoms with E-state index in [-0.39, 0.29) is 19.8 Å². The zero-order chi connectivity index (χ0) is 14.6. The minimum Gasteiger partial charge on any atom is -0.379 e. The summed E-state index contributed by atoms with van der Waals surface area (Å²) in [5, 5.41) is 0. The van der Waals surface area contributed by atoms with E-state index in [0.29, 0.717) is 19.8 Å². The molecule has 0 aromatic carbocycles. The van der Waals surface area contributed by atoms with Crippen LogP contribution in [0.25, 0.3) is 0 Å². The molecular formula is C11H22F2IO4P. The van der Waals surface area contributed by atoms with E-state index < -0.39 is 20.5 Å². The Hall–Kier alpha value is 0.860. The van der Waals surface area contributed by atoms with Gasteiger partial charge in [0.2, 0.25) is 8.38 Å². The molecule has 0 amide bonds. The third kappa shape index (κ3) is 10.3. The molecule has 0 spiro atoms. The van der Waals surface area contributed by atoms with Crippen LogP contribution in [0.4, 0.5) is 8.78 Å². The van der Waals surface area contributed by atoms with Gasteiger partial charge in [-0.15, -0.1) is 0 Å². The van der Waals surface area contributed by atoms with Crippen LogP contribution in [0, 0.1) is 0 Å². The fourth-order valence-electron chi connectivity index (χ4n) is 1.12. The Kier molecular flexibility index (Phi) is 13.2. The highest BCUT2D eigenvalue weighted by molar-refractivity contribution is 14.1. The van der Waals surface area contributed by atoms with Crippen LogP contribution in [-0.4, -0.2) is 49.7 Å². The van der Waals surface area contributed by atoms with Gasteiger partial charge in [0.05, 0.1) is 39.6 Å². The van der Waals surface area contributed by atoms with Crippen LogP contribution in [0.2, 0.25) is 0 Å².